The lowest BCUT2D eigenvalue weighted by atomic mass is 10.0. The van der Waals surface area contributed by atoms with Crippen LogP contribution in [0.3, 0.4) is 0 Å². The molecule has 0 bridgehead atoms. The quantitative estimate of drug-likeness (QED) is 0.720. The van der Waals surface area contributed by atoms with Crippen molar-refractivity contribution in [3.63, 3.8) is 0 Å². The van der Waals surface area contributed by atoms with Crippen LogP contribution >= 0.6 is 0 Å². The fourth-order valence-corrected chi connectivity index (χ4v) is 1.33. The van der Waals surface area contributed by atoms with E-state index in [0.29, 0.717) is 12.3 Å². The first kappa shape index (κ1) is 16.0. The lowest BCUT2D eigenvalue weighted by Crippen LogP contribution is -2.37. The molecule has 0 aliphatic heterocycles. The van der Waals surface area contributed by atoms with Crippen LogP contribution in [0.1, 0.15) is 40.0 Å². The predicted octanol–water partition coefficient (Wildman–Crippen LogP) is 3.44. The third-order valence-electron chi connectivity index (χ3n) is 2.39. The first-order valence-electron chi connectivity index (χ1n) is 5.72. The second-order valence-corrected chi connectivity index (χ2v) is 4.51. The van der Waals surface area contributed by atoms with Crippen LogP contribution in [0.5, 0.6) is 0 Å². The van der Waals surface area contributed by atoms with E-state index in [1.165, 1.54) is 5.57 Å². The van der Waals surface area contributed by atoms with Gasteiger partial charge in [-0.15, -0.1) is 0 Å². The minimum absolute atomic E-state index is 0.0777. The molecule has 17 heavy (non-hydrogen) atoms. The molecule has 0 rings (SSSR count). The van der Waals surface area contributed by atoms with Gasteiger partial charge in [0.2, 0.25) is 0 Å². The summed E-state index contributed by atoms with van der Waals surface area (Å²) in [5.41, 5.74) is 1.24. The van der Waals surface area contributed by atoms with Crippen LogP contribution in [0.15, 0.2) is 11.6 Å². The Kier molecular flexibility index (Phi) is 6.92. The second kappa shape index (κ2) is 7.35. The molecule has 0 saturated heterocycles. The molecule has 0 spiro atoms. The summed E-state index contributed by atoms with van der Waals surface area (Å²) in [7, 11) is 0. The van der Waals surface area contributed by atoms with E-state index in [2.05, 4.69) is 6.08 Å². The number of halogens is 3. The van der Waals surface area contributed by atoms with Crippen molar-refractivity contribution in [1.29, 1.82) is 0 Å². The predicted molar refractivity (Wildman–Crippen MR) is 61.5 cm³/mol. The molecule has 2 nitrogen and oxygen atoms in total. The van der Waals surface area contributed by atoms with Gasteiger partial charge >= 0.3 is 12.1 Å². The Balaban J connectivity index is 3.68. The number of hydrogen-bond acceptors (Lipinski definition) is 1. The van der Waals surface area contributed by atoms with Gasteiger partial charge in [-0.3, -0.25) is 4.79 Å². The SMILES string of the molecule is CC(C)=CCCC(C)CCNC(=O)C(F)(F)F. The smallest absolute Gasteiger partial charge is 0.348 e. The average Bonchev–Trinajstić information content (AvgIpc) is 2.15. The van der Waals surface area contributed by atoms with Crippen LogP contribution in [-0.4, -0.2) is 18.6 Å². The second-order valence-electron chi connectivity index (χ2n) is 4.51. The molecule has 1 amide bonds. The van der Waals surface area contributed by atoms with Gasteiger partial charge in [0, 0.05) is 6.54 Å². The minimum atomic E-state index is -4.77. The summed E-state index contributed by atoms with van der Waals surface area (Å²) in [6.45, 7) is 6.06. The number of alkyl halides is 3. The molecule has 0 saturated carbocycles. The van der Waals surface area contributed by atoms with Gasteiger partial charge in [0.1, 0.15) is 0 Å². The molecule has 0 aliphatic carbocycles. The van der Waals surface area contributed by atoms with E-state index in [9.17, 15) is 18.0 Å². The zero-order chi connectivity index (χ0) is 13.5. The Hall–Kier alpha value is -1.00. The summed E-state index contributed by atoms with van der Waals surface area (Å²) in [5.74, 6) is -1.55. The van der Waals surface area contributed by atoms with Crippen molar-refractivity contribution < 1.29 is 18.0 Å². The highest BCUT2D eigenvalue weighted by molar-refractivity contribution is 5.81. The highest BCUT2D eigenvalue weighted by atomic mass is 19.4. The zero-order valence-corrected chi connectivity index (χ0v) is 10.5. The molecule has 0 fully saturated rings. The maximum Gasteiger partial charge on any atom is 0.471 e. The number of carbonyl (C=O) groups excluding carboxylic acids is 1. The van der Waals surface area contributed by atoms with Crippen LogP contribution in [0.4, 0.5) is 13.2 Å². The van der Waals surface area contributed by atoms with E-state index < -0.39 is 12.1 Å². The topological polar surface area (TPSA) is 29.1 Å². The number of nitrogens with one attached hydrogen (secondary N) is 1. The van der Waals surface area contributed by atoms with Crippen LogP contribution in [0.25, 0.3) is 0 Å². The molecular weight excluding hydrogens is 231 g/mol. The number of amides is 1. The van der Waals surface area contributed by atoms with Gasteiger partial charge in [0.15, 0.2) is 0 Å². The van der Waals surface area contributed by atoms with Gasteiger partial charge in [-0.25, -0.2) is 0 Å². The van der Waals surface area contributed by atoms with Crippen molar-refractivity contribution in [2.45, 2.75) is 46.2 Å². The normalized spacial score (nSPS) is 13.1. The Morgan fingerprint density at radius 2 is 1.88 bits per heavy atom. The Morgan fingerprint density at radius 3 is 2.35 bits per heavy atom. The largest absolute Gasteiger partial charge is 0.471 e. The highest BCUT2D eigenvalue weighted by Crippen LogP contribution is 2.15. The van der Waals surface area contributed by atoms with Crippen molar-refractivity contribution >= 4 is 5.91 Å². The standard InChI is InChI=1S/C12H20F3NO/c1-9(2)5-4-6-10(3)7-8-16-11(17)12(13,14)15/h5,10H,4,6-8H2,1-3H3,(H,16,17). The summed E-state index contributed by atoms with van der Waals surface area (Å²) in [5, 5.41) is 1.87. The van der Waals surface area contributed by atoms with E-state index in [0.717, 1.165) is 12.8 Å². The van der Waals surface area contributed by atoms with E-state index in [1.54, 1.807) is 0 Å². The lowest BCUT2D eigenvalue weighted by Gasteiger charge is -2.12. The molecule has 0 aliphatic rings. The highest BCUT2D eigenvalue weighted by Gasteiger charge is 2.38. The first-order valence-corrected chi connectivity index (χ1v) is 5.72. The average molecular weight is 251 g/mol. The minimum Gasteiger partial charge on any atom is -0.348 e. The molecular formula is C12H20F3NO. The van der Waals surface area contributed by atoms with Crippen molar-refractivity contribution in [2.24, 2.45) is 5.92 Å². The summed E-state index contributed by atoms with van der Waals surface area (Å²) < 4.78 is 35.5. The van der Waals surface area contributed by atoms with E-state index in [-0.39, 0.29) is 6.54 Å². The number of rotatable bonds is 6. The molecule has 1 atom stereocenters. The zero-order valence-electron chi connectivity index (χ0n) is 10.5. The molecule has 0 radical (unpaired) electrons. The van der Waals surface area contributed by atoms with Crippen molar-refractivity contribution in [2.75, 3.05) is 6.54 Å². The van der Waals surface area contributed by atoms with E-state index in [1.807, 2.05) is 26.1 Å². The summed E-state index contributed by atoms with van der Waals surface area (Å²) >= 11 is 0. The molecule has 5 heteroatoms. The molecule has 0 aromatic carbocycles. The molecule has 0 aromatic rings. The molecule has 0 heterocycles. The van der Waals surface area contributed by atoms with Gasteiger partial charge in [-0.2, -0.15) is 13.2 Å². The van der Waals surface area contributed by atoms with Gasteiger partial charge in [-0.1, -0.05) is 18.6 Å². The third-order valence-corrected chi connectivity index (χ3v) is 2.39. The Labute approximate surface area is 100 Å². The van der Waals surface area contributed by atoms with Gasteiger partial charge in [-0.05, 0) is 39.0 Å². The molecule has 0 aromatic heterocycles. The Morgan fingerprint density at radius 1 is 1.29 bits per heavy atom. The Bertz CT molecular complexity index is 267. The van der Waals surface area contributed by atoms with Gasteiger partial charge < -0.3 is 5.32 Å². The fraction of sp³-hybridized carbons (Fsp3) is 0.750. The molecule has 100 valence electrons. The van der Waals surface area contributed by atoms with Crippen LogP contribution in [-0.2, 0) is 4.79 Å². The summed E-state index contributed by atoms with van der Waals surface area (Å²) in [4.78, 5) is 10.5. The number of hydrogen-bond donors (Lipinski definition) is 1. The van der Waals surface area contributed by atoms with Crippen molar-refractivity contribution in [3.8, 4) is 0 Å². The number of allylic oxidation sites excluding steroid dienone is 2. The summed E-state index contributed by atoms with van der Waals surface area (Å²) in [6, 6.07) is 0. The van der Waals surface area contributed by atoms with Crippen LogP contribution in [0, 0.1) is 5.92 Å². The van der Waals surface area contributed by atoms with E-state index >= 15 is 0 Å². The number of carbonyl (C=O) groups is 1. The van der Waals surface area contributed by atoms with Crippen LogP contribution < -0.4 is 5.32 Å². The molecule has 1 N–H and O–H groups in total. The monoisotopic (exact) mass is 251 g/mol. The third kappa shape index (κ3) is 8.77. The lowest BCUT2D eigenvalue weighted by molar-refractivity contribution is -0.173. The maximum absolute atomic E-state index is 11.8. The maximum atomic E-state index is 11.8. The van der Waals surface area contributed by atoms with E-state index in [4.69, 9.17) is 0 Å². The van der Waals surface area contributed by atoms with Gasteiger partial charge in [0.05, 0.1) is 0 Å². The molecule has 1 unspecified atom stereocenters. The summed E-state index contributed by atoms with van der Waals surface area (Å²) in [6.07, 6.45) is -0.252. The van der Waals surface area contributed by atoms with Gasteiger partial charge in [0.25, 0.3) is 0 Å². The fourth-order valence-electron chi connectivity index (χ4n) is 1.33. The van der Waals surface area contributed by atoms with Crippen LogP contribution in [0.2, 0.25) is 0 Å². The van der Waals surface area contributed by atoms with Crippen molar-refractivity contribution in [3.05, 3.63) is 11.6 Å². The first-order chi connectivity index (χ1) is 7.73. The van der Waals surface area contributed by atoms with Crippen molar-refractivity contribution in [1.82, 2.24) is 5.32 Å².